The van der Waals surface area contributed by atoms with Gasteiger partial charge in [0, 0.05) is 36.8 Å². The molecule has 9 heteroatoms. The Balaban J connectivity index is 1.85. The van der Waals surface area contributed by atoms with Crippen LogP contribution in [0.15, 0.2) is 59.9 Å². The maximum absolute atomic E-state index is 12.7. The van der Waals surface area contributed by atoms with Crippen molar-refractivity contribution in [2.75, 3.05) is 20.7 Å². The van der Waals surface area contributed by atoms with E-state index in [1.54, 1.807) is 14.1 Å². The van der Waals surface area contributed by atoms with E-state index in [4.69, 9.17) is 4.74 Å². The molecule has 0 fully saturated rings. The molecule has 2 aromatic heterocycles. The number of amides is 1. The van der Waals surface area contributed by atoms with Gasteiger partial charge in [0.1, 0.15) is 11.0 Å². The second kappa shape index (κ2) is 9.50. The molecule has 1 atom stereocenters. The fourth-order valence-corrected chi connectivity index (χ4v) is 4.59. The molecule has 1 amide bonds. The molecule has 4 rings (SSSR count). The average molecular weight is 464 g/mol. The summed E-state index contributed by atoms with van der Waals surface area (Å²) in [5, 5.41) is 9.39. The molecule has 0 spiro atoms. The van der Waals surface area contributed by atoms with Gasteiger partial charge in [-0.15, -0.1) is 10.2 Å². The zero-order valence-corrected chi connectivity index (χ0v) is 19.7. The predicted molar refractivity (Wildman–Crippen MR) is 129 cm³/mol. The highest BCUT2D eigenvalue weighted by Crippen LogP contribution is 2.34. The van der Waals surface area contributed by atoms with Crippen LogP contribution in [-0.2, 0) is 9.59 Å². The highest BCUT2D eigenvalue weighted by molar-refractivity contribution is 8.01. The minimum absolute atomic E-state index is 0.242. The zero-order chi connectivity index (χ0) is 23.5. The third-order valence-electron chi connectivity index (χ3n) is 5.13. The summed E-state index contributed by atoms with van der Waals surface area (Å²) in [5.41, 5.74) is 2.65. The van der Waals surface area contributed by atoms with Crippen LogP contribution in [0, 0.1) is 0 Å². The van der Waals surface area contributed by atoms with Crippen molar-refractivity contribution in [3.05, 3.63) is 54.7 Å². The molecule has 33 heavy (non-hydrogen) atoms. The topological polar surface area (TPSA) is 93.1 Å². The predicted octanol–water partition coefficient (Wildman–Crippen LogP) is 3.95. The molecule has 0 aliphatic rings. The van der Waals surface area contributed by atoms with Gasteiger partial charge in [0.15, 0.2) is 16.8 Å². The number of ether oxygens (including phenoxy) is 1. The maximum atomic E-state index is 12.7. The minimum atomic E-state index is -0.915. The van der Waals surface area contributed by atoms with Gasteiger partial charge in [-0.05, 0) is 44.2 Å². The van der Waals surface area contributed by atoms with Crippen molar-refractivity contribution >= 4 is 34.4 Å². The van der Waals surface area contributed by atoms with Crippen molar-refractivity contribution in [3.63, 3.8) is 0 Å². The average Bonchev–Trinajstić information content (AvgIpc) is 3.41. The molecule has 2 aromatic carbocycles. The van der Waals surface area contributed by atoms with Crippen LogP contribution in [0.5, 0.6) is 5.75 Å². The van der Waals surface area contributed by atoms with Crippen molar-refractivity contribution in [3.8, 4) is 22.8 Å². The standard InChI is InChI=1S/C24H25N5O3S/c1-5-32-17-12-10-16(11-13-17)29-22(19-14-25-20-9-7-6-8-18(19)20)26-27-24(29)33-21(15(2)30)23(31)28(3)4/h6-14,21,25H,5H2,1-4H3. The monoisotopic (exact) mass is 463 g/mol. The van der Waals surface area contributed by atoms with Crippen LogP contribution in [0.3, 0.4) is 0 Å². The minimum Gasteiger partial charge on any atom is -0.494 e. The molecule has 1 unspecified atom stereocenters. The molecular weight excluding hydrogens is 438 g/mol. The first-order valence-corrected chi connectivity index (χ1v) is 11.4. The number of carbonyl (C=O) groups excluding carboxylic acids is 2. The van der Waals surface area contributed by atoms with E-state index in [1.165, 1.54) is 11.8 Å². The lowest BCUT2D eigenvalue weighted by molar-refractivity contribution is -0.132. The van der Waals surface area contributed by atoms with Gasteiger partial charge < -0.3 is 14.6 Å². The lowest BCUT2D eigenvalue weighted by Gasteiger charge is -2.18. The van der Waals surface area contributed by atoms with Crippen molar-refractivity contribution in [2.45, 2.75) is 24.3 Å². The number of para-hydroxylation sites is 1. The Kier molecular flexibility index (Phi) is 6.50. The SMILES string of the molecule is CCOc1ccc(-n2c(SC(C(C)=O)C(=O)N(C)C)nnc2-c2c[nH]c3ccccc23)cc1. The Morgan fingerprint density at radius 2 is 1.85 bits per heavy atom. The second-order valence-corrected chi connectivity index (χ2v) is 8.73. The Bertz CT molecular complexity index is 1290. The van der Waals surface area contributed by atoms with Crippen LogP contribution in [0.25, 0.3) is 28.0 Å². The first-order chi connectivity index (χ1) is 15.9. The number of aromatic nitrogens is 4. The molecule has 8 nitrogen and oxygen atoms in total. The summed E-state index contributed by atoms with van der Waals surface area (Å²) in [6.45, 7) is 3.92. The number of rotatable bonds is 8. The van der Waals surface area contributed by atoms with Gasteiger partial charge in [-0.3, -0.25) is 14.2 Å². The Labute approximate surface area is 196 Å². The van der Waals surface area contributed by atoms with E-state index in [-0.39, 0.29) is 11.7 Å². The summed E-state index contributed by atoms with van der Waals surface area (Å²) < 4.78 is 7.45. The van der Waals surface area contributed by atoms with Gasteiger partial charge >= 0.3 is 0 Å². The Hall–Kier alpha value is -3.59. The van der Waals surface area contributed by atoms with Crippen LogP contribution in [0.1, 0.15) is 13.8 Å². The number of thioether (sulfide) groups is 1. The lowest BCUT2D eigenvalue weighted by atomic mass is 10.1. The van der Waals surface area contributed by atoms with Crippen molar-refractivity contribution in [2.24, 2.45) is 0 Å². The van der Waals surface area contributed by atoms with Crippen LogP contribution < -0.4 is 4.74 Å². The molecule has 0 aliphatic heterocycles. The quantitative estimate of drug-likeness (QED) is 0.314. The molecule has 0 saturated heterocycles. The summed E-state index contributed by atoms with van der Waals surface area (Å²) in [5.74, 6) is 0.830. The number of nitrogens with one attached hydrogen (secondary N) is 1. The largest absolute Gasteiger partial charge is 0.494 e. The fraction of sp³-hybridized carbons (Fsp3) is 0.250. The van der Waals surface area contributed by atoms with Crippen LogP contribution in [0.4, 0.5) is 0 Å². The maximum Gasteiger partial charge on any atom is 0.243 e. The Morgan fingerprint density at radius 3 is 2.52 bits per heavy atom. The number of hydrogen-bond acceptors (Lipinski definition) is 6. The highest BCUT2D eigenvalue weighted by atomic mass is 32.2. The molecule has 4 aromatic rings. The van der Waals surface area contributed by atoms with Gasteiger partial charge in [0.25, 0.3) is 0 Å². The van der Waals surface area contributed by atoms with E-state index < -0.39 is 5.25 Å². The normalized spacial score (nSPS) is 12.0. The van der Waals surface area contributed by atoms with E-state index in [0.29, 0.717) is 17.6 Å². The molecule has 170 valence electrons. The number of nitrogens with zero attached hydrogens (tertiary/aromatic N) is 4. The van der Waals surface area contributed by atoms with Crippen molar-refractivity contribution < 1.29 is 14.3 Å². The van der Waals surface area contributed by atoms with E-state index in [9.17, 15) is 9.59 Å². The van der Waals surface area contributed by atoms with Gasteiger partial charge in [-0.25, -0.2) is 0 Å². The molecular formula is C24H25N5O3S. The molecule has 2 heterocycles. The lowest BCUT2D eigenvalue weighted by Crippen LogP contribution is -2.36. The molecule has 0 radical (unpaired) electrons. The fourth-order valence-electron chi connectivity index (χ4n) is 3.52. The van der Waals surface area contributed by atoms with Gasteiger partial charge in [0.2, 0.25) is 5.91 Å². The summed E-state index contributed by atoms with van der Waals surface area (Å²) in [7, 11) is 3.26. The van der Waals surface area contributed by atoms with Gasteiger partial charge in [-0.1, -0.05) is 30.0 Å². The zero-order valence-electron chi connectivity index (χ0n) is 18.9. The number of hydrogen-bond donors (Lipinski definition) is 1. The number of ketones is 1. The van der Waals surface area contributed by atoms with E-state index in [1.807, 2.05) is 66.2 Å². The summed E-state index contributed by atoms with van der Waals surface area (Å²) in [4.78, 5) is 29.7. The first-order valence-electron chi connectivity index (χ1n) is 10.5. The van der Waals surface area contributed by atoms with Crippen molar-refractivity contribution in [1.29, 1.82) is 0 Å². The number of carbonyl (C=O) groups is 2. The number of Topliss-reactive ketones (excluding diaryl/α,β-unsaturated/α-hetero) is 1. The van der Waals surface area contributed by atoms with Crippen LogP contribution >= 0.6 is 11.8 Å². The Morgan fingerprint density at radius 1 is 1.12 bits per heavy atom. The third-order valence-corrected chi connectivity index (χ3v) is 6.37. The van der Waals surface area contributed by atoms with Crippen molar-refractivity contribution in [1.82, 2.24) is 24.6 Å². The molecule has 0 aliphatic carbocycles. The third kappa shape index (κ3) is 4.49. The molecule has 1 N–H and O–H groups in total. The smallest absolute Gasteiger partial charge is 0.243 e. The van der Waals surface area contributed by atoms with E-state index in [2.05, 4.69) is 15.2 Å². The molecule has 0 bridgehead atoms. The van der Waals surface area contributed by atoms with Gasteiger partial charge in [0.05, 0.1) is 12.3 Å². The number of benzene rings is 2. The van der Waals surface area contributed by atoms with Crippen LogP contribution in [0.2, 0.25) is 0 Å². The second-order valence-electron chi connectivity index (χ2n) is 7.66. The van der Waals surface area contributed by atoms with Gasteiger partial charge in [-0.2, -0.15) is 0 Å². The first kappa shape index (κ1) is 22.6. The number of H-pyrrole nitrogens is 1. The summed E-state index contributed by atoms with van der Waals surface area (Å²) >= 11 is 1.10. The summed E-state index contributed by atoms with van der Waals surface area (Å²) in [6, 6.07) is 15.5. The summed E-state index contributed by atoms with van der Waals surface area (Å²) in [6.07, 6.45) is 1.89. The molecule has 0 saturated carbocycles. The van der Waals surface area contributed by atoms with E-state index >= 15 is 0 Å². The number of fused-ring (bicyclic) bond motifs is 1. The highest BCUT2D eigenvalue weighted by Gasteiger charge is 2.30. The van der Waals surface area contributed by atoms with Crippen LogP contribution in [-0.4, -0.2) is 62.3 Å². The number of aromatic amines is 1. The van der Waals surface area contributed by atoms with E-state index in [0.717, 1.165) is 39.7 Å².